The summed E-state index contributed by atoms with van der Waals surface area (Å²) < 4.78 is 0. The van der Waals surface area contributed by atoms with Gasteiger partial charge in [-0.3, -0.25) is 9.88 Å². The lowest BCUT2D eigenvalue weighted by Crippen LogP contribution is -2.49. The zero-order chi connectivity index (χ0) is 11.7. The van der Waals surface area contributed by atoms with Crippen molar-refractivity contribution in [3.8, 4) is 0 Å². The van der Waals surface area contributed by atoms with Gasteiger partial charge in [0.05, 0.1) is 0 Å². The lowest BCUT2D eigenvalue weighted by molar-refractivity contribution is 0.116. The Balaban J connectivity index is 1.85. The van der Waals surface area contributed by atoms with Gasteiger partial charge in [0, 0.05) is 30.9 Å². The number of nitrogens with zero attached hydrogens (tertiary/aromatic N) is 2. The van der Waals surface area contributed by atoms with Gasteiger partial charge in [0.1, 0.15) is 0 Å². The van der Waals surface area contributed by atoms with E-state index in [1.807, 2.05) is 12.4 Å². The molecule has 2 bridgehead atoms. The predicted molar refractivity (Wildman–Crippen MR) is 69.9 cm³/mol. The maximum absolute atomic E-state index is 4.27. The second kappa shape index (κ2) is 4.61. The van der Waals surface area contributed by atoms with E-state index in [0.29, 0.717) is 12.0 Å². The predicted octanol–water partition coefficient (Wildman–Crippen LogP) is 2.84. The number of hydrogen-bond donors (Lipinski definition) is 0. The quantitative estimate of drug-likeness (QED) is 0.740. The molecule has 0 saturated carbocycles. The normalized spacial score (nSPS) is 31.9. The molecule has 3 atom stereocenters. The first-order valence-corrected chi connectivity index (χ1v) is 6.70. The third kappa shape index (κ3) is 2.02. The number of pyridine rings is 1. The van der Waals surface area contributed by atoms with Crippen LogP contribution in [0.25, 0.3) is 0 Å². The van der Waals surface area contributed by atoms with Gasteiger partial charge in [-0.1, -0.05) is 25.1 Å². The van der Waals surface area contributed by atoms with Gasteiger partial charge in [0.25, 0.3) is 0 Å². The topological polar surface area (TPSA) is 16.1 Å². The van der Waals surface area contributed by atoms with E-state index in [1.54, 1.807) is 0 Å². The van der Waals surface area contributed by atoms with Crippen LogP contribution in [-0.2, 0) is 0 Å². The first kappa shape index (κ1) is 11.0. The molecule has 0 amide bonds. The summed E-state index contributed by atoms with van der Waals surface area (Å²) in [7, 11) is 0. The van der Waals surface area contributed by atoms with Crippen molar-refractivity contribution in [2.45, 2.75) is 31.7 Å². The minimum atomic E-state index is 0.601. The first-order chi connectivity index (χ1) is 8.38. The van der Waals surface area contributed by atoms with Crippen molar-refractivity contribution in [2.75, 3.05) is 13.1 Å². The zero-order valence-corrected chi connectivity index (χ0v) is 10.4. The van der Waals surface area contributed by atoms with Gasteiger partial charge < -0.3 is 0 Å². The minimum Gasteiger partial charge on any atom is -0.296 e. The summed E-state index contributed by atoms with van der Waals surface area (Å²) in [6, 6.07) is 4.89. The molecule has 0 N–H and O–H groups in total. The lowest BCUT2D eigenvalue weighted by Gasteiger charge is -2.46. The zero-order valence-electron chi connectivity index (χ0n) is 10.4. The number of piperidine rings is 1. The third-order valence-electron chi connectivity index (χ3n) is 4.06. The van der Waals surface area contributed by atoms with Crippen molar-refractivity contribution in [1.82, 2.24) is 9.88 Å². The largest absolute Gasteiger partial charge is 0.296 e. The second-order valence-electron chi connectivity index (χ2n) is 5.26. The van der Waals surface area contributed by atoms with Crippen molar-refractivity contribution in [1.29, 1.82) is 0 Å². The van der Waals surface area contributed by atoms with Crippen molar-refractivity contribution in [3.63, 3.8) is 0 Å². The van der Waals surface area contributed by atoms with Crippen LogP contribution in [0, 0.1) is 5.92 Å². The van der Waals surface area contributed by atoms with E-state index >= 15 is 0 Å². The van der Waals surface area contributed by atoms with Gasteiger partial charge >= 0.3 is 0 Å². The number of rotatable bonds is 3. The molecule has 4 rings (SSSR count). The molecule has 2 aliphatic heterocycles. The summed E-state index contributed by atoms with van der Waals surface area (Å²) in [4.78, 5) is 6.92. The van der Waals surface area contributed by atoms with Crippen molar-refractivity contribution >= 4 is 0 Å². The van der Waals surface area contributed by atoms with Crippen LogP contribution in [0.1, 0.15) is 31.2 Å². The van der Waals surface area contributed by atoms with E-state index in [2.05, 4.69) is 41.1 Å². The van der Waals surface area contributed by atoms with Crippen LogP contribution in [0.3, 0.4) is 0 Å². The molecule has 1 saturated heterocycles. The van der Waals surface area contributed by atoms with E-state index in [0.717, 1.165) is 5.92 Å². The molecule has 3 heterocycles. The molecular formula is C15H20N2. The van der Waals surface area contributed by atoms with Gasteiger partial charge in [-0.15, -0.1) is 0 Å². The smallest absolute Gasteiger partial charge is 0.0348 e. The molecule has 90 valence electrons. The third-order valence-corrected chi connectivity index (χ3v) is 4.06. The van der Waals surface area contributed by atoms with Crippen LogP contribution >= 0.6 is 0 Å². The maximum atomic E-state index is 4.27. The monoisotopic (exact) mass is 228 g/mol. The van der Waals surface area contributed by atoms with Crippen molar-refractivity contribution in [2.24, 2.45) is 5.92 Å². The van der Waals surface area contributed by atoms with E-state index in [9.17, 15) is 0 Å². The highest BCUT2D eigenvalue weighted by Gasteiger charge is 2.37. The highest BCUT2D eigenvalue weighted by atomic mass is 15.2. The van der Waals surface area contributed by atoms with Crippen LogP contribution in [0.4, 0.5) is 0 Å². The SMILES string of the molecule is CCCN1CC2C=CC1C(c1cccnc1)C2. The van der Waals surface area contributed by atoms with Gasteiger partial charge in [0.2, 0.25) is 0 Å². The van der Waals surface area contributed by atoms with E-state index in [-0.39, 0.29) is 0 Å². The minimum absolute atomic E-state index is 0.601. The molecule has 1 aromatic heterocycles. The molecule has 0 aromatic carbocycles. The van der Waals surface area contributed by atoms with Gasteiger partial charge in [-0.05, 0) is 36.9 Å². The maximum Gasteiger partial charge on any atom is 0.0348 e. The Morgan fingerprint density at radius 3 is 3.06 bits per heavy atom. The summed E-state index contributed by atoms with van der Waals surface area (Å²) in [5.41, 5.74) is 1.41. The molecule has 2 heteroatoms. The highest BCUT2D eigenvalue weighted by molar-refractivity contribution is 5.25. The molecule has 3 aliphatic rings. The number of aromatic nitrogens is 1. The molecule has 3 unspecified atom stereocenters. The van der Waals surface area contributed by atoms with E-state index in [1.165, 1.54) is 31.5 Å². The van der Waals surface area contributed by atoms with Gasteiger partial charge in [-0.2, -0.15) is 0 Å². The van der Waals surface area contributed by atoms with Crippen LogP contribution < -0.4 is 0 Å². The molecule has 1 aromatic rings. The fourth-order valence-corrected chi connectivity index (χ4v) is 3.34. The average molecular weight is 228 g/mol. The molecule has 2 nitrogen and oxygen atoms in total. The first-order valence-electron chi connectivity index (χ1n) is 6.70. The highest BCUT2D eigenvalue weighted by Crippen LogP contribution is 2.40. The fourth-order valence-electron chi connectivity index (χ4n) is 3.34. The Morgan fingerprint density at radius 1 is 1.41 bits per heavy atom. The Hall–Kier alpha value is -1.15. The van der Waals surface area contributed by atoms with E-state index in [4.69, 9.17) is 0 Å². The summed E-state index contributed by atoms with van der Waals surface area (Å²) in [5.74, 6) is 1.40. The standard InChI is InChI=1S/C15H20N2/c1-2-8-17-11-12-5-6-15(17)14(9-12)13-4-3-7-16-10-13/h3-7,10,12,14-15H,2,8-9,11H2,1H3. The van der Waals surface area contributed by atoms with Crippen LogP contribution in [0.2, 0.25) is 0 Å². The molecule has 0 radical (unpaired) electrons. The summed E-state index contributed by atoms with van der Waals surface area (Å²) in [6.07, 6.45) is 11.3. The Labute approximate surface area is 103 Å². The molecule has 1 fully saturated rings. The number of hydrogen-bond acceptors (Lipinski definition) is 2. The summed E-state index contributed by atoms with van der Waals surface area (Å²) >= 11 is 0. The van der Waals surface area contributed by atoms with E-state index < -0.39 is 0 Å². The summed E-state index contributed by atoms with van der Waals surface area (Å²) in [6.45, 7) is 4.75. The number of fused-ring (bicyclic) bond motifs is 2. The van der Waals surface area contributed by atoms with Crippen LogP contribution in [0.15, 0.2) is 36.7 Å². The Bertz CT molecular complexity index is 399. The Kier molecular flexibility index (Phi) is 2.98. The molecular weight excluding hydrogens is 208 g/mol. The molecule has 1 aliphatic carbocycles. The average Bonchev–Trinajstić information content (AvgIpc) is 2.41. The van der Waals surface area contributed by atoms with Gasteiger partial charge in [-0.25, -0.2) is 0 Å². The fraction of sp³-hybridized carbons (Fsp3) is 0.533. The van der Waals surface area contributed by atoms with Crippen LogP contribution in [0.5, 0.6) is 0 Å². The van der Waals surface area contributed by atoms with Crippen molar-refractivity contribution < 1.29 is 0 Å². The molecule has 0 spiro atoms. The van der Waals surface area contributed by atoms with Gasteiger partial charge in [0.15, 0.2) is 0 Å². The second-order valence-corrected chi connectivity index (χ2v) is 5.26. The summed E-state index contributed by atoms with van der Waals surface area (Å²) in [5, 5.41) is 0. The molecule has 17 heavy (non-hydrogen) atoms. The van der Waals surface area contributed by atoms with Crippen molar-refractivity contribution in [3.05, 3.63) is 42.2 Å². The Morgan fingerprint density at radius 2 is 2.35 bits per heavy atom. The van der Waals surface area contributed by atoms with Crippen LogP contribution in [-0.4, -0.2) is 29.0 Å². The lowest BCUT2D eigenvalue weighted by atomic mass is 9.74.